The topological polar surface area (TPSA) is 89.8 Å². The summed E-state index contributed by atoms with van der Waals surface area (Å²) in [7, 11) is 1.60. The molecule has 2 aromatic carbocycles. The molecule has 0 atom stereocenters. The number of aromatic nitrogens is 3. The Kier molecular flexibility index (Phi) is 3.07. The molecule has 6 nitrogen and oxygen atoms in total. The van der Waals surface area contributed by atoms with Crippen LogP contribution in [0, 0.1) is 11.3 Å². The molecule has 0 amide bonds. The van der Waals surface area contributed by atoms with Crippen LogP contribution in [0.5, 0.6) is 5.75 Å². The molecule has 2 N–H and O–H groups in total. The Labute approximate surface area is 137 Å². The normalized spacial score (nSPS) is 10.8. The summed E-state index contributed by atoms with van der Waals surface area (Å²) in [5.74, 6) is 1.01. The van der Waals surface area contributed by atoms with Gasteiger partial charge in [-0.2, -0.15) is 5.26 Å². The van der Waals surface area contributed by atoms with Crippen LogP contribution in [0.2, 0.25) is 0 Å². The third kappa shape index (κ3) is 1.96. The van der Waals surface area contributed by atoms with Crippen molar-refractivity contribution in [1.29, 1.82) is 5.26 Å². The van der Waals surface area contributed by atoms with E-state index in [1.807, 2.05) is 48.5 Å². The van der Waals surface area contributed by atoms with Gasteiger partial charge in [-0.3, -0.25) is 4.57 Å². The number of para-hydroxylation sites is 2. The second-order valence-electron chi connectivity index (χ2n) is 5.29. The smallest absolute Gasteiger partial charge is 0.167 e. The summed E-state index contributed by atoms with van der Waals surface area (Å²) in [4.78, 5) is 9.25. The van der Waals surface area contributed by atoms with Gasteiger partial charge in [-0.1, -0.05) is 18.2 Å². The molecule has 4 aromatic rings. The number of nitriles is 1. The first-order chi connectivity index (χ1) is 11.7. The number of benzene rings is 2. The molecule has 6 heteroatoms. The Hall–Kier alpha value is -3.59. The van der Waals surface area contributed by atoms with Crippen LogP contribution in [-0.4, -0.2) is 21.6 Å². The molecule has 4 rings (SSSR count). The maximum Gasteiger partial charge on any atom is 0.167 e. The van der Waals surface area contributed by atoms with Gasteiger partial charge in [0, 0.05) is 6.07 Å². The van der Waals surface area contributed by atoms with Crippen LogP contribution in [0.25, 0.3) is 27.9 Å². The second-order valence-corrected chi connectivity index (χ2v) is 5.29. The van der Waals surface area contributed by atoms with E-state index >= 15 is 0 Å². The molecule has 0 saturated heterocycles. The van der Waals surface area contributed by atoms with Gasteiger partial charge in [0.1, 0.15) is 28.7 Å². The zero-order valence-corrected chi connectivity index (χ0v) is 12.9. The fourth-order valence-electron chi connectivity index (χ4n) is 2.78. The Morgan fingerprint density at radius 1 is 1.08 bits per heavy atom. The standard InChI is InChI=1S/C18H13N5O/c1-24-12-6-4-5-11(9-12)23-17(20)13(10-19)16-18(23)22-15-8-3-2-7-14(15)21-16/h2-9H,20H2,1H3. The van der Waals surface area contributed by atoms with E-state index in [4.69, 9.17) is 10.5 Å². The molecular weight excluding hydrogens is 302 g/mol. The predicted molar refractivity (Wildman–Crippen MR) is 92.1 cm³/mol. The van der Waals surface area contributed by atoms with Crippen LogP contribution in [0.3, 0.4) is 0 Å². The van der Waals surface area contributed by atoms with Gasteiger partial charge in [-0.15, -0.1) is 0 Å². The van der Waals surface area contributed by atoms with E-state index in [1.165, 1.54) is 0 Å². The van der Waals surface area contributed by atoms with Crippen molar-refractivity contribution in [2.75, 3.05) is 12.8 Å². The molecule has 24 heavy (non-hydrogen) atoms. The van der Waals surface area contributed by atoms with Crippen molar-refractivity contribution in [3.8, 4) is 17.5 Å². The van der Waals surface area contributed by atoms with Crippen LogP contribution in [0.15, 0.2) is 48.5 Å². The zero-order chi connectivity index (χ0) is 16.7. The second kappa shape index (κ2) is 5.25. The van der Waals surface area contributed by atoms with Gasteiger partial charge < -0.3 is 10.5 Å². The van der Waals surface area contributed by atoms with Gasteiger partial charge in [0.25, 0.3) is 0 Å². The van der Waals surface area contributed by atoms with Crippen molar-refractivity contribution >= 4 is 28.0 Å². The van der Waals surface area contributed by atoms with Gasteiger partial charge in [-0.25, -0.2) is 9.97 Å². The van der Waals surface area contributed by atoms with Gasteiger partial charge in [0.05, 0.1) is 23.8 Å². The average molecular weight is 315 g/mol. The van der Waals surface area contributed by atoms with Crippen LogP contribution < -0.4 is 10.5 Å². The quantitative estimate of drug-likeness (QED) is 0.614. The van der Waals surface area contributed by atoms with E-state index in [-0.39, 0.29) is 0 Å². The molecule has 116 valence electrons. The summed E-state index contributed by atoms with van der Waals surface area (Å²) < 4.78 is 7.01. The van der Waals surface area contributed by atoms with Crippen molar-refractivity contribution in [3.05, 3.63) is 54.1 Å². The van der Waals surface area contributed by atoms with Gasteiger partial charge in [0.2, 0.25) is 0 Å². The lowest BCUT2D eigenvalue weighted by molar-refractivity contribution is 0.414. The summed E-state index contributed by atoms with van der Waals surface area (Å²) in [5.41, 5.74) is 9.85. The highest BCUT2D eigenvalue weighted by atomic mass is 16.5. The number of nitrogen functional groups attached to an aromatic ring is 1. The lowest BCUT2D eigenvalue weighted by atomic mass is 10.2. The number of methoxy groups -OCH3 is 1. The van der Waals surface area contributed by atoms with Crippen LogP contribution >= 0.6 is 0 Å². The van der Waals surface area contributed by atoms with Crippen molar-refractivity contribution in [3.63, 3.8) is 0 Å². The number of fused-ring (bicyclic) bond motifs is 2. The highest BCUT2D eigenvalue weighted by Crippen LogP contribution is 2.31. The molecule has 0 aliphatic carbocycles. The van der Waals surface area contributed by atoms with Gasteiger partial charge in [-0.05, 0) is 24.3 Å². The highest BCUT2D eigenvalue weighted by molar-refractivity contribution is 5.93. The maximum absolute atomic E-state index is 9.51. The first-order valence-corrected chi connectivity index (χ1v) is 7.34. The Balaban J connectivity index is 2.13. The number of anilines is 1. The minimum atomic E-state index is 0.316. The molecule has 0 bridgehead atoms. The van der Waals surface area contributed by atoms with Crippen molar-refractivity contribution in [2.24, 2.45) is 0 Å². The number of hydrogen-bond donors (Lipinski definition) is 1. The number of rotatable bonds is 2. The Morgan fingerprint density at radius 2 is 1.83 bits per heavy atom. The van der Waals surface area contributed by atoms with E-state index < -0.39 is 0 Å². The maximum atomic E-state index is 9.51. The third-order valence-electron chi connectivity index (χ3n) is 3.92. The predicted octanol–water partition coefficient (Wildman–Crippen LogP) is 3.04. The van der Waals surface area contributed by atoms with Gasteiger partial charge >= 0.3 is 0 Å². The molecule has 0 unspecified atom stereocenters. The van der Waals surface area contributed by atoms with E-state index in [0.717, 1.165) is 16.7 Å². The van der Waals surface area contributed by atoms with Crippen LogP contribution in [0.1, 0.15) is 5.56 Å². The molecule has 0 saturated carbocycles. The fourth-order valence-corrected chi connectivity index (χ4v) is 2.78. The van der Waals surface area contributed by atoms with Gasteiger partial charge in [0.15, 0.2) is 5.65 Å². The number of hydrogen-bond acceptors (Lipinski definition) is 5. The minimum Gasteiger partial charge on any atom is -0.497 e. The zero-order valence-electron chi connectivity index (χ0n) is 12.9. The molecule has 0 aliphatic rings. The first-order valence-electron chi connectivity index (χ1n) is 7.34. The van der Waals surface area contributed by atoms with E-state index in [1.54, 1.807) is 11.7 Å². The summed E-state index contributed by atoms with van der Waals surface area (Å²) in [5, 5.41) is 9.51. The van der Waals surface area contributed by atoms with E-state index in [2.05, 4.69) is 16.0 Å². The fraction of sp³-hybridized carbons (Fsp3) is 0.0556. The molecule has 2 heterocycles. The highest BCUT2D eigenvalue weighted by Gasteiger charge is 2.19. The third-order valence-corrected chi connectivity index (χ3v) is 3.92. The van der Waals surface area contributed by atoms with E-state index in [0.29, 0.717) is 28.3 Å². The Morgan fingerprint density at radius 3 is 2.54 bits per heavy atom. The Bertz CT molecular complexity index is 1120. The molecule has 0 fully saturated rings. The lowest BCUT2D eigenvalue weighted by Crippen LogP contribution is -2.02. The average Bonchev–Trinajstić information content (AvgIpc) is 2.90. The minimum absolute atomic E-state index is 0.316. The summed E-state index contributed by atoms with van der Waals surface area (Å²) in [6.07, 6.45) is 0. The van der Waals surface area contributed by atoms with E-state index in [9.17, 15) is 5.26 Å². The van der Waals surface area contributed by atoms with Crippen molar-refractivity contribution in [2.45, 2.75) is 0 Å². The molecule has 0 aliphatic heterocycles. The summed E-state index contributed by atoms with van der Waals surface area (Å²) in [6.45, 7) is 0. The lowest BCUT2D eigenvalue weighted by Gasteiger charge is -2.09. The van der Waals surface area contributed by atoms with Crippen LogP contribution in [0.4, 0.5) is 5.82 Å². The summed E-state index contributed by atoms with van der Waals surface area (Å²) >= 11 is 0. The molecule has 0 radical (unpaired) electrons. The van der Waals surface area contributed by atoms with Crippen molar-refractivity contribution < 1.29 is 4.74 Å². The molecular formula is C18H13N5O. The van der Waals surface area contributed by atoms with Crippen LogP contribution in [-0.2, 0) is 0 Å². The SMILES string of the molecule is COc1cccc(-n2c(N)c(C#N)c3nc4ccccc4nc32)c1. The first kappa shape index (κ1) is 14.0. The number of nitrogens with two attached hydrogens (primary N) is 1. The molecule has 2 aromatic heterocycles. The number of ether oxygens (including phenoxy) is 1. The van der Waals surface area contributed by atoms with Crippen molar-refractivity contribution in [1.82, 2.24) is 14.5 Å². The number of nitrogens with zero attached hydrogens (tertiary/aromatic N) is 4. The summed E-state index contributed by atoms with van der Waals surface area (Å²) in [6, 6.07) is 17.1. The monoisotopic (exact) mass is 315 g/mol. The largest absolute Gasteiger partial charge is 0.497 e. The molecule has 0 spiro atoms.